The van der Waals surface area contributed by atoms with E-state index in [9.17, 15) is 0 Å². The largest absolute Gasteiger partial charge is 0.0905 e. The minimum Gasteiger partial charge on any atom is -0.0905 e. The van der Waals surface area contributed by atoms with Crippen molar-refractivity contribution in [3.8, 4) is 0 Å². The first-order chi connectivity index (χ1) is 7.29. The number of halogens is 1. The molecule has 0 unspecified atom stereocenters. The van der Waals surface area contributed by atoms with Crippen molar-refractivity contribution < 1.29 is 0 Å². The average Bonchev–Trinajstić information content (AvgIpc) is 2.30. The van der Waals surface area contributed by atoms with Gasteiger partial charge in [-0.25, -0.2) is 0 Å². The van der Waals surface area contributed by atoms with Crippen LogP contribution in [0.3, 0.4) is 0 Å². The highest BCUT2D eigenvalue weighted by molar-refractivity contribution is 14.1. The maximum atomic E-state index is 4.15. The summed E-state index contributed by atoms with van der Waals surface area (Å²) in [6.45, 7) is 4.15. The fourth-order valence-electron chi connectivity index (χ4n) is 1.50. The Hall–Kier alpha value is -1.09. The van der Waals surface area contributed by atoms with Crippen LogP contribution < -0.4 is 0 Å². The van der Waals surface area contributed by atoms with E-state index < -0.39 is 0 Å². The Balaban J connectivity index is 2.42. The summed E-state index contributed by atoms with van der Waals surface area (Å²) in [7, 11) is 0. The molecule has 0 saturated heterocycles. The fraction of sp³-hybridized carbons (Fsp3) is 0. The molecule has 0 radical (unpaired) electrons. The zero-order valence-electron chi connectivity index (χ0n) is 8.28. The summed E-state index contributed by atoms with van der Waals surface area (Å²) in [5.74, 6) is 0. The van der Waals surface area contributed by atoms with E-state index >= 15 is 0 Å². The van der Waals surface area contributed by atoms with Gasteiger partial charge in [-0.15, -0.1) is 0 Å². The van der Waals surface area contributed by atoms with Crippen LogP contribution in [0.1, 0.15) is 11.1 Å². The van der Waals surface area contributed by atoms with Crippen molar-refractivity contribution in [3.05, 3.63) is 75.9 Å². The molecule has 0 heterocycles. The van der Waals surface area contributed by atoms with Gasteiger partial charge in [0.15, 0.2) is 0 Å². The predicted octanol–water partition coefficient (Wildman–Crippen LogP) is 4.35. The summed E-state index contributed by atoms with van der Waals surface area (Å²) in [6.07, 6.45) is 0. The molecule has 0 atom stereocenters. The van der Waals surface area contributed by atoms with Crippen molar-refractivity contribution in [3.63, 3.8) is 0 Å². The summed E-state index contributed by atoms with van der Waals surface area (Å²) in [5.41, 5.74) is 3.48. The zero-order valence-corrected chi connectivity index (χ0v) is 10.4. The topological polar surface area (TPSA) is 0 Å². The molecule has 0 nitrogen and oxygen atoms in total. The quantitative estimate of drug-likeness (QED) is 0.724. The number of hydrogen-bond donors (Lipinski definition) is 0. The van der Waals surface area contributed by atoms with Crippen molar-refractivity contribution in [1.82, 2.24) is 0 Å². The van der Waals surface area contributed by atoms with E-state index in [2.05, 4.69) is 53.4 Å². The normalized spacial score (nSPS) is 9.93. The van der Waals surface area contributed by atoms with Crippen LogP contribution in [0.5, 0.6) is 0 Å². The third kappa shape index (κ3) is 2.29. The van der Waals surface area contributed by atoms with Crippen molar-refractivity contribution in [2.24, 2.45) is 0 Å². The molecular formula is C14H11I. The molecule has 2 aromatic rings. The predicted molar refractivity (Wildman–Crippen MR) is 73.7 cm³/mol. The van der Waals surface area contributed by atoms with Crippen LogP contribution in [0, 0.1) is 3.57 Å². The smallest absolute Gasteiger partial charge is 0.0208 e. The van der Waals surface area contributed by atoms with E-state index in [-0.39, 0.29) is 0 Å². The number of rotatable bonds is 2. The van der Waals surface area contributed by atoms with Crippen LogP contribution in [0.4, 0.5) is 0 Å². The lowest BCUT2D eigenvalue weighted by Gasteiger charge is -2.07. The second-order valence-corrected chi connectivity index (χ2v) is 4.49. The van der Waals surface area contributed by atoms with Crippen molar-refractivity contribution >= 4 is 28.2 Å². The van der Waals surface area contributed by atoms with Gasteiger partial charge in [-0.05, 0) is 45.4 Å². The van der Waals surface area contributed by atoms with Gasteiger partial charge >= 0.3 is 0 Å². The third-order valence-electron chi connectivity index (χ3n) is 2.32. The molecule has 0 saturated carbocycles. The summed E-state index contributed by atoms with van der Waals surface area (Å²) in [6, 6.07) is 18.6. The molecule has 2 rings (SSSR count). The molecule has 0 fully saturated rings. The van der Waals surface area contributed by atoms with Gasteiger partial charge in [0.2, 0.25) is 0 Å². The Labute approximate surface area is 104 Å². The molecule has 0 amide bonds. The van der Waals surface area contributed by atoms with E-state index in [4.69, 9.17) is 0 Å². The molecule has 0 aromatic heterocycles. The van der Waals surface area contributed by atoms with Crippen LogP contribution in [0.2, 0.25) is 0 Å². The highest BCUT2D eigenvalue weighted by Gasteiger charge is 2.04. The Morgan fingerprint density at radius 2 is 1.47 bits per heavy atom. The van der Waals surface area contributed by atoms with E-state index in [1.54, 1.807) is 0 Å². The monoisotopic (exact) mass is 306 g/mol. The Morgan fingerprint density at radius 3 is 2.13 bits per heavy atom. The standard InChI is InChI=1S/C14H11I/c1-11(12-7-3-2-4-8-12)13-9-5-6-10-14(13)15/h2-10H,1H2. The lowest BCUT2D eigenvalue weighted by atomic mass is 10.00. The highest BCUT2D eigenvalue weighted by atomic mass is 127. The summed E-state index contributed by atoms with van der Waals surface area (Å²) >= 11 is 2.34. The van der Waals surface area contributed by atoms with Gasteiger partial charge < -0.3 is 0 Å². The Morgan fingerprint density at radius 1 is 0.867 bits per heavy atom. The van der Waals surface area contributed by atoms with E-state index in [0.717, 1.165) is 5.57 Å². The van der Waals surface area contributed by atoms with Crippen molar-refractivity contribution in [2.45, 2.75) is 0 Å². The second-order valence-electron chi connectivity index (χ2n) is 3.32. The summed E-state index contributed by atoms with van der Waals surface area (Å²) in [5, 5.41) is 0. The minimum absolute atomic E-state index is 1.08. The van der Waals surface area contributed by atoms with E-state index in [0.29, 0.717) is 0 Å². The maximum absolute atomic E-state index is 4.15. The third-order valence-corrected chi connectivity index (χ3v) is 3.26. The van der Waals surface area contributed by atoms with Gasteiger partial charge in [-0.1, -0.05) is 55.1 Å². The van der Waals surface area contributed by atoms with Gasteiger partial charge in [-0.2, -0.15) is 0 Å². The number of benzene rings is 2. The maximum Gasteiger partial charge on any atom is 0.0208 e. The van der Waals surface area contributed by atoms with Crippen molar-refractivity contribution in [1.29, 1.82) is 0 Å². The first-order valence-electron chi connectivity index (χ1n) is 4.78. The Kier molecular flexibility index (Phi) is 3.21. The number of hydrogen-bond acceptors (Lipinski definition) is 0. The molecule has 0 aliphatic rings. The van der Waals surface area contributed by atoms with Gasteiger partial charge in [0, 0.05) is 3.57 Å². The summed E-state index contributed by atoms with van der Waals surface area (Å²) < 4.78 is 1.24. The van der Waals surface area contributed by atoms with Crippen LogP contribution in [-0.4, -0.2) is 0 Å². The van der Waals surface area contributed by atoms with Gasteiger partial charge in [-0.3, -0.25) is 0 Å². The first kappa shape index (κ1) is 10.4. The molecule has 0 N–H and O–H groups in total. The van der Waals surface area contributed by atoms with E-state index in [1.807, 2.05) is 30.3 Å². The van der Waals surface area contributed by atoms with Crippen molar-refractivity contribution in [2.75, 3.05) is 0 Å². The highest BCUT2D eigenvalue weighted by Crippen LogP contribution is 2.25. The molecule has 0 spiro atoms. The molecular weight excluding hydrogens is 295 g/mol. The molecule has 0 aliphatic heterocycles. The fourth-order valence-corrected chi connectivity index (χ4v) is 2.21. The lowest BCUT2D eigenvalue weighted by Crippen LogP contribution is -1.88. The van der Waals surface area contributed by atoms with Crippen LogP contribution in [0.15, 0.2) is 61.2 Å². The van der Waals surface area contributed by atoms with Gasteiger partial charge in [0.1, 0.15) is 0 Å². The first-order valence-corrected chi connectivity index (χ1v) is 5.86. The molecule has 15 heavy (non-hydrogen) atoms. The van der Waals surface area contributed by atoms with Crippen LogP contribution >= 0.6 is 22.6 Å². The molecule has 74 valence electrons. The van der Waals surface area contributed by atoms with Gasteiger partial charge in [0.25, 0.3) is 0 Å². The van der Waals surface area contributed by atoms with E-state index in [1.165, 1.54) is 14.7 Å². The zero-order chi connectivity index (χ0) is 10.7. The molecule has 0 aliphatic carbocycles. The van der Waals surface area contributed by atoms with Crippen LogP contribution in [-0.2, 0) is 0 Å². The second kappa shape index (κ2) is 4.62. The SMILES string of the molecule is C=C(c1ccccc1)c1ccccc1I. The molecule has 2 aromatic carbocycles. The Bertz CT molecular complexity index is 472. The lowest BCUT2D eigenvalue weighted by molar-refractivity contribution is 1.52. The minimum atomic E-state index is 1.08. The molecule has 1 heteroatoms. The average molecular weight is 306 g/mol. The summed E-state index contributed by atoms with van der Waals surface area (Å²) in [4.78, 5) is 0. The molecule has 0 bridgehead atoms. The van der Waals surface area contributed by atoms with Crippen LogP contribution in [0.25, 0.3) is 5.57 Å². The van der Waals surface area contributed by atoms with Gasteiger partial charge in [0.05, 0.1) is 0 Å².